The van der Waals surface area contributed by atoms with Crippen molar-refractivity contribution in [3.05, 3.63) is 41.2 Å². The smallest absolute Gasteiger partial charge is 0.273 e. The molecule has 10 heteroatoms. The predicted molar refractivity (Wildman–Crippen MR) is 94.5 cm³/mol. The molecule has 0 aliphatic carbocycles. The monoisotopic (exact) mass is 397 g/mol. The molecular formula is C16H16FN3O4S2. The van der Waals surface area contributed by atoms with Gasteiger partial charge in [-0.2, -0.15) is 0 Å². The molecule has 1 aromatic carbocycles. The van der Waals surface area contributed by atoms with Gasteiger partial charge in [0.05, 0.1) is 17.7 Å². The van der Waals surface area contributed by atoms with Crippen molar-refractivity contribution in [1.82, 2.24) is 15.8 Å². The molecule has 2 amide bonds. The second-order valence-corrected chi connectivity index (χ2v) is 9.24. The Bertz CT molecular complexity index is 942. The Morgan fingerprint density at radius 1 is 1.27 bits per heavy atom. The number of halogens is 1. The summed E-state index contributed by atoms with van der Waals surface area (Å²) in [4.78, 5) is 28.2. The van der Waals surface area contributed by atoms with Crippen LogP contribution in [-0.2, 0) is 14.6 Å². The number of hydrogen-bond acceptors (Lipinski definition) is 6. The number of nitrogens with zero attached hydrogens (tertiary/aromatic N) is 1. The van der Waals surface area contributed by atoms with Crippen LogP contribution in [0.1, 0.15) is 22.5 Å². The number of thiazole rings is 1. The molecule has 1 aliphatic heterocycles. The maximum Gasteiger partial charge on any atom is 0.281 e. The van der Waals surface area contributed by atoms with Gasteiger partial charge in [0.15, 0.2) is 9.84 Å². The molecule has 2 aromatic rings. The number of amides is 2. The quantitative estimate of drug-likeness (QED) is 0.762. The van der Waals surface area contributed by atoms with Crippen molar-refractivity contribution >= 4 is 33.0 Å². The first-order chi connectivity index (χ1) is 12.3. The molecule has 26 heavy (non-hydrogen) atoms. The summed E-state index contributed by atoms with van der Waals surface area (Å²) >= 11 is 0.999. The lowest BCUT2D eigenvalue weighted by atomic mass is 10.1. The van der Waals surface area contributed by atoms with Crippen LogP contribution in [-0.4, -0.2) is 36.7 Å². The molecule has 1 aromatic heterocycles. The molecule has 1 unspecified atom stereocenters. The predicted octanol–water partition coefficient (Wildman–Crippen LogP) is 1.54. The number of hydrazine groups is 1. The van der Waals surface area contributed by atoms with Crippen molar-refractivity contribution < 1.29 is 22.4 Å². The third-order valence-electron chi connectivity index (χ3n) is 3.95. The van der Waals surface area contributed by atoms with Gasteiger partial charge in [0.2, 0.25) is 5.91 Å². The first kappa shape index (κ1) is 18.5. The Kier molecular flexibility index (Phi) is 5.33. The SMILES string of the molecule is O=C(CC1CCS(=O)(=O)C1)NNC(=O)c1cnc(-c2ccccc2F)s1. The summed E-state index contributed by atoms with van der Waals surface area (Å²) in [6.07, 6.45) is 1.78. The van der Waals surface area contributed by atoms with Crippen LogP contribution in [0.3, 0.4) is 0 Å². The van der Waals surface area contributed by atoms with Crippen molar-refractivity contribution in [3.63, 3.8) is 0 Å². The number of aromatic nitrogens is 1. The lowest BCUT2D eigenvalue weighted by Crippen LogP contribution is -2.42. The normalized spacial score (nSPS) is 18.4. The van der Waals surface area contributed by atoms with Crippen LogP contribution in [0.15, 0.2) is 30.5 Å². The molecule has 3 rings (SSSR count). The highest BCUT2D eigenvalue weighted by Gasteiger charge is 2.29. The van der Waals surface area contributed by atoms with Gasteiger partial charge in [0.1, 0.15) is 15.7 Å². The van der Waals surface area contributed by atoms with Crippen LogP contribution in [0.4, 0.5) is 4.39 Å². The topological polar surface area (TPSA) is 105 Å². The summed E-state index contributed by atoms with van der Waals surface area (Å²) in [6.45, 7) is 0. The first-order valence-corrected chi connectivity index (χ1v) is 10.5. The molecule has 1 atom stereocenters. The van der Waals surface area contributed by atoms with Gasteiger partial charge < -0.3 is 0 Å². The van der Waals surface area contributed by atoms with Gasteiger partial charge in [0, 0.05) is 12.0 Å². The summed E-state index contributed by atoms with van der Waals surface area (Å²) in [5.74, 6) is -1.61. The Morgan fingerprint density at radius 3 is 2.73 bits per heavy atom. The lowest BCUT2D eigenvalue weighted by molar-refractivity contribution is -0.122. The van der Waals surface area contributed by atoms with Gasteiger partial charge in [-0.25, -0.2) is 17.8 Å². The summed E-state index contributed by atoms with van der Waals surface area (Å²) < 4.78 is 36.5. The van der Waals surface area contributed by atoms with Gasteiger partial charge >= 0.3 is 0 Å². The minimum absolute atomic E-state index is 0.00475. The van der Waals surface area contributed by atoms with Crippen molar-refractivity contribution in [2.75, 3.05) is 11.5 Å². The number of nitrogens with one attached hydrogen (secondary N) is 2. The standard InChI is InChI=1S/C16H16FN3O4S2/c17-12-4-2-1-3-11(12)16-18-8-13(25-16)15(22)20-19-14(21)7-10-5-6-26(23,24)9-10/h1-4,8,10H,5-7,9H2,(H,19,21)(H,20,22). The van der Waals surface area contributed by atoms with E-state index >= 15 is 0 Å². The summed E-state index contributed by atoms with van der Waals surface area (Å²) in [6, 6.07) is 6.10. The minimum atomic E-state index is -3.05. The van der Waals surface area contributed by atoms with E-state index in [0.717, 1.165) is 11.3 Å². The average Bonchev–Trinajstić information content (AvgIpc) is 3.20. The van der Waals surface area contributed by atoms with E-state index in [2.05, 4.69) is 15.8 Å². The molecule has 2 N–H and O–H groups in total. The van der Waals surface area contributed by atoms with Crippen molar-refractivity contribution in [1.29, 1.82) is 0 Å². The van der Waals surface area contributed by atoms with Crippen LogP contribution in [0.5, 0.6) is 0 Å². The molecule has 1 fully saturated rings. The molecule has 2 heterocycles. The molecule has 7 nitrogen and oxygen atoms in total. The Labute approximate surface area is 153 Å². The van der Waals surface area contributed by atoms with Crippen LogP contribution >= 0.6 is 11.3 Å². The van der Waals surface area contributed by atoms with E-state index in [9.17, 15) is 22.4 Å². The zero-order valence-corrected chi connectivity index (χ0v) is 15.2. The second-order valence-electron chi connectivity index (χ2n) is 5.98. The molecule has 0 bridgehead atoms. The number of hydrogen-bond donors (Lipinski definition) is 2. The van der Waals surface area contributed by atoms with Crippen LogP contribution in [0.25, 0.3) is 10.6 Å². The highest BCUT2D eigenvalue weighted by molar-refractivity contribution is 7.91. The van der Waals surface area contributed by atoms with Crippen molar-refractivity contribution in [2.24, 2.45) is 5.92 Å². The van der Waals surface area contributed by atoms with Gasteiger partial charge in [-0.3, -0.25) is 20.4 Å². The van der Waals surface area contributed by atoms with E-state index < -0.39 is 27.5 Å². The van der Waals surface area contributed by atoms with Gasteiger partial charge in [0.25, 0.3) is 5.91 Å². The summed E-state index contributed by atoms with van der Waals surface area (Å²) in [5, 5.41) is 0.357. The lowest BCUT2D eigenvalue weighted by Gasteiger charge is -2.09. The van der Waals surface area contributed by atoms with E-state index in [1.807, 2.05) is 0 Å². The number of carbonyl (C=O) groups is 2. The van der Waals surface area contributed by atoms with E-state index in [1.165, 1.54) is 12.3 Å². The fraction of sp³-hybridized carbons (Fsp3) is 0.312. The third-order valence-corrected chi connectivity index (χ3v) is 6.82. The summed E-state index contributed by atoms with van der Waals surface area (Å²) in [7, 11) is -3.05. The number of benzene rings is 1. The van der Waals surface area contributed by atoms with Gasteiger partial charge in [-0.15, -0.1) is 11.3 Å². The largest absolute Gasteiger partial charge is 0.281 e. The summed E-state index contributed by atoms with van der Waals surface area (Å²) in [5.41, 5.74) is 4.82. The second kappa shape index (κ2) is 7.50. The van der Waals surface area contributed by atoms with Crippen molar-refractivity contribution in [3.8, 4) is 10.6 Å². The van der Waals surface area contributed by atoms with Crippen LogP contribution in [0.2, 0.25) is 0 Å². The Hall–Kier alpha value is -2.33. The van der Waals surface area contributed by atoms with Crippen molar-refractivity contribution in [2.45, 2.75) is 12.8 Å². The van der Waals surface area contributed by atoms with Gasteiger partial charge in [-0.05, 0) is 24.5 Å². The maximum absolute atomic E-state index is 13.8. The van der Waals surface area contributed by atoms with E-state index in [4.69, 9.17) is 0 Å². The number of sulfone groups is 1. The molecule has 138 valence electrons. The number of rotatable bonds is 4. The number of carbonyl (C=O) groups excluding carboxylic acids is 2. The van der Waals surface area contributed by atoms with Gasteiger partial charge in [-0.1, -0.05) is 12.1 Å². The highest BCUT2D eigenvalue weighted by atomic mass is 32.2. The van der Waals surface area contributed by atoms with E-state index in [0.29, 0.717) is 17.0 Å². The third kappa shape index (κ3) is 4.44. The Balaban J connectivity index is 1.54. The molecule has 0 spiro atoms. The highest BCUT2D eigenvalue weighted by Crippen LogP contribution is 2.27. The molecule has 0 radical (unpaired) electrons. The van der Waals surface area contributed by atoms with E-state index in [-0.39, 0.29) is 28.7 Å². The zero-order valence-electron chi connectivity index (χ0n) is 13.6. The maximum atomic E-state index is 13.8. The first-order valence-electron chi connectivity index (χ1n) is 7.84. The zero-order chi connectivity index (χ0) is 18.7. The molecule has 0 saturated carbocycles. The molecule has 1 saturated heterocycles. The fourth-order valence-corrected chi connectivity index (χ4v) is 5.37. The average molecular weight is 397 g/mol. The Morgan fingerprint density at radius 2 is 2.04 bits per heavy atom. The fourth-order valence-electron chi connectivity index (χ4n) is 2.67. The van der Waals surface area contributed by atoms with Crippen LogP contribution < -0.4 is 10.9 Å². The minimum Gasteiger partial charge on any atom is -0.273 e. The molecule has 1 aliphatic rings. The van der Waals surface area contributed by atoms with Crippen LogP contribution in [0, 0.1) is 11.7 Å². The molecular weight excluding hydrogens is 381 g/mol. The van der Waals surface area contributed by atoms with E-state index in [1.54, 1.807) is 18.2 Å².